The molecule has 0 aromatic carbocycles. The highest BCUT2D eigenvalue weighted by atomic mass is 15.4. The molecule has 5 heterocycles. The largest absolute Gasteiger partial charge is 0.298 e. The fraction of sp³-hybridized carbons (Fsp3) is 0.375. The van der Waals surface area contributed by atoms with Gasteiger partial charge in [0.15, 0.2) is 0 Å². The van der Waals surface area contributed by atoms with Crippen molar-refractivity contribution in [3.63, 3.8) is 0 Å². The van der Waals surface area contributed by atoms with Gasteiger partial charge in [-0.05, 0) is 43.0 Å². The smallest absolute Gasteiger partial charge is 0.111 e. The molecule has 0 N–H and O–H groups in total. The maximum atomic E-state index is 9.50. The van der Waals surface area contributed by atoms with Crippen LogP contribution in [0.2, 0.25) is 0 Å². The lowest BCUT2D eigenvalue weighted by atomic mass is 9.86. The molecular weight excluding hydrogens is 400 g/mol. The predicted octanol–water partition coefficient (Wildman–Crippen LogP) is 3.23. The second kappa shape index (κ2) is 7.24. The molecule has 2 fully saturated rings. The highest BCUT2D eigenvalue weighted by Gasteiger charge is 2.46. The van der Waals surface area contributed by atoms with Gasteiger partial charge in [-0.3, -0.25) is 19.2 Å². The normalized spacial score (nSPS) is 17.9. The van der Waals surface area contributed by atoms with Crippen molar-refractivity contribution < 1.29 is 0 Å². The topological polar surface area (TPSA) is 88.5 Å². The fourth-order valence-corrected chi connectivity index (χ4v) is 4.75. The molecule has 0 bridgehead atoms. The van der Waals surface area contributed by atoms with Crippen LogP contribution in [0.3, 0.4) is 0 Å². The second-order valence-electron chi connectivity index (χ2n) is 9.15. The summed E-state index contributed by atoms with van der Waals surface area (Å²) < 4.78 is 3.76. The van der Waals surface area contributed by atoms with Crippen LogP contribution in [-0.2, 0) is 12.6 Å². The molecule has 1 aliphatic heterocycles. The minimum atomic E-state index is -0.253. The van der Waals surface area contributed by atoms with Gasteiger partial charge >= 0.3 is 0 Å². The number of aromatic nitrogens is 6. The summed E-state index contributed by atoms with van der Waals surface area (Å²) in [7, 11) is 1.89. The van der Waals surface area contributed by atoms with E-state index in [0.717, 1.165) is 59.1 Å². The Hall–Kier alpha value is -3.57. The van der Waals surface area contributed by atoms with Crippen molar-refractivity contribution in [3.05, 3.63) is 49.1 Å². The number of likely N-dealkylation sites (tertiary alicyclic amines) is 1. The van der Waals surface area contributed by atoms with Crippen molar-refractivity contribution in [1.82, 2.24) is 34.4 Å². The Morgan fingerprint density at radius 1 is 1.22 bits per heavy atom. The van der Waals surface area contributed by atoms with Gasteiger partial charge in [0, 0.05) is 56.2 Å². The van der Waals surface area contributed by atoms with Crippen molar-refractivity contribution in [2.75, 3.05) is 19.6 Å². The highest BCUT2D eigenvalue weighted by molar-refractivity contribution is 5.93. The average molecular weight is 425 g/mol. The summed E-state index contributed by atoms with van der Waals surface area (Å²) in [6, 6.07) is 10.3. The lowest BCUT2D eigenvalue weighted by Crippen LogP contribution is -2.62. The summed E-state index contributed by atoms with van der Waals surface area (Å²) in [5.41, 5.74) is 3.98. The standard InChI is InChI=1S/C24H24N8/c1-30-14-18(12-27-30)21-11-22-19(3-2-9-26-22)23(28-21)20-6-10-32(29-20)24(7-8-25)15-31(16-24)13-17-4-5-17/h2-3,6,9-12,14,17H,4-5,7,13,15-16H2,1H3. The van der Waals surface area contributed by atoms with E-state index in [1.54, 1.807) is 10.9 Å². The van der Waals surface area contributed by atoms with Crippen LogP contribution in [0.25, 0.3) is 33.5 Å². The molecule has 0 spiro atoms. The lowest BCUT2D eigenvalue weighted by molar-refractivity contribution is 0.00230. The van der Waals surface area contributed by atoms with Crippen LogP contribution in [0.1, 0.15) is 19.3 Å². The first-order valence-corrected chi connectivity index (χ1v) is 11.0. The molecular formula is C24H24N8. The summed E-state index contributed by atoms with van der Waals surface area (Å²) in [5.74, 6) is 0.849. The SMILES string of the molecule is Cn1cc(-c2cc3ncccc3c(-c3ccn(C4(CC#N)CN(CC5CC5)C4)n3)n2)cn1. The van der Waals surface area contributed by atoms with Gasteiger partial charge in [0.05, 0.1) is 29.9 Å². The third-order valence-corrected chi connectivity index (χ3v) is 6.57. The summed E-state index contributed by atoms with van der Waals surface area (Å²) in [6.45, 7) is 2.90. The number of pyridine rings is 2. The van der Waals surface area contributed by atoms with Crippen molar-refractivity contribution in [2.45, 2.75) is 24.8 Å². The Morgan fingerprint density at radius 2 is 2.09 bits per heavy atom. The van der Waals surface area contributed by atoms with Gasteiger partial charge in [0.2, 0.25) is 0 Å². The highest BCUT2D eigenvalue weighted by Crippen LogP contribution is 2.38. The number of hydrogen-bond donors (Lipinski definition) is 0. The lowest BCUT2D eigenvalue weighted by Gasteiger charge is -2.49. The molecule has 0 radical (unpaired) electrons. The average Bonchev–Trinajstić information content (AvgIpc) is 3.27. The first kappa shape index (κ1) is 19.1. The quantitative estimate of drug-likeness (QED) is 0.472. The Labute approximate surface area is 186 Å². The fourth-order valence-electron chi connectivity index (χ4n) is 4.75. The van der Waals surface area contributed by atoms with E-state index in [4.69, 9.17) is 10.1 Å². The van der Waals surface area contributed by atoms with Gasteiger partial charge in [-0.25, -0.2) is 4.98 Å². The zero-order chi connectivity index (χ0) is 21.7. The maximum absolute atomic E-state index is 9.50. The summed E-state index contributed by atoms with van der Waals surface area (Å²) in [5, 5.41) is 19.7. The zero-order valence-corrected chi connectivity index (χ0v) is 18.0. The van der Waals surface area contributed by atoms with E-state index in [1.165, 1.54) is 12.8 Å². The van der Waals surface area contributed by atoms with Gasteiger partial charge in [-0.1, -0.05) is 0 Å². The van der Waals surface area contributed by atoms with Crippen LogP contribution < -0.4 is 0 Å². The third-order valence-electron chi connectivity index (χ3n) is 6.57. The summed E-state index contributed by atoms with van der Waals surface area (Å²) >= 11 is 0. The number of fused-ring (bicyclic) bond motifs is 1. The van der Waals surface area contributed by atoms with Crippen LogP contribution in [0.5, 0.6) is 0 Å². The number of nitriles is 1. The van der Waals surface area contributed by atoms with Gasteiger partial charge in [-0.15, -0.1) is 0 Å². The molecule has 2 aliphatic rings. The molecule has 1 aliphatic carbocycles. The van der Waals surface area contributed by atoms with Gasteiger partial charge in [-0.2, -0.15) is 15.5 Å². The van der Waals surface area contributed by atoms with Gasteiger partial charge < -0.3 is 0 Å². The molecule has 0 amide bonds. The monoisotopic (exact) mass is 424 g/mol. The Balaban J connectivity index is 1.39. The molecule has 32 heavy (non-hydrogen) atoms. The van der Waals surface area contributed by atoms with E-state index in [-0.39, 0.29) is 5.54 Å². The van der Waals surface area contributed by atoms with E-state index in [0.29, 0.717) is 6.42 Å². The molecule has 0 unspecified atom stereocenters. The molecule has 0 atom stereocenters. The van der Waals surface area contributed by atoms with E-state index in [9.17, 15) is 5.26 Å². The predicted molar refractivity (Wildman–Crippen MR) is 120 cm³/mol. The van der Waals surface area contributed by atoms with Gasteiger partial charge in [0.25, 0.3) is 0 Å². The minimum absolute atomic E-state index is 0.253. The van der Waals surface area contributed by atoms with Crippen molar-refractivity contribution in [3.8, 4) is 28.7 Å². The molecule has 160 valence electrons. The first-order valence-electron chi connectivity index (χ1n) is 11.0. The van der Waals surface area contributed by atoms with Crippen LogP contribution in [-0.4, -0.2) is 54.1 Å². The molecule has 1 saturated carbocycles. The molecule has 6 rings (SSSR count). The Bertz CT molecular complexity index is 1330. The van der Waals surface area contributed by atoms with Crippen LogP contribution in [0, 0.1) is 17.2 Å². The number of aryl methyl sites for hydroxylation is 1. The van der Waals surface area contributed by atoms with Crippen molar-refractivity contribution >= 4 is 10.9 Å². The maximum Gasteiger partial charge on any atom is 0.111 e. The first-order chi connectivity index (χ1) is 15.6. The Kier molecular flexibility index (Phi) is 4.33. The van der Waals surface area contributed by atoms with Crippen molar-refractivity contribution in [2.24, 2.45) is 13.0 Å². The van der Waals surface area contributed by atoms with Crippen LogP contribution in [0.4, 0.5) is 0 Å². The van der Waals surface area contributed by atoms with Crippen LogP contribution in [0.15, 0.2) is 49.1 Å². The molecule has 8 nitrogen and oxygen atoms in total. The zero-order valence-electron chi connectivity index (χ0n) is 18.0. The van der Waals surface area contributed by atoms with Gasteiger partial charge in [0.1, 0.15) is 16.9 Å². The van der Waals surface area contributed by atoms with E-state index in [1.807, 2.05) is 54.6 Å². The summed E-state index contributed by atoms with van der Waals surface area (Å²) in [6.07, 6.45) is 10.7. The second-order valence-corrected chi connectivity index (χ2v) is 9.15. The minimum Gasteiger partial charge on any atom is -0.298 e. The molecule has 4 aromatic heterocycles. The molecule has 1 saturated heterocycles. The Morgan fingerprint density at radius 3 is 2.84 bits per heavy atom. The molecule has 8 heteroatoms. The van der Waals surface area contributed by atoms with E-state index in [2.05, 4.69) is 21.1 Å². The summed E-state index contributed by atoms with van der Waals surface area (Å²) in [4.78, 5) is 12.0. The molecule has 4 aromatic rings. The van der Waals surface area contributed by atoms with Crippen LogP contribution >= 0.6 is 0 Å². The van der Waals surface area contributed by atoms with Crippen molar-refractivity contribution in [1.29, 1.82) is 5.26 Å². The number of hydrogen-bond acceptors (Lipinski definition) is 6. The number of nitrogens with zero attached hydrogens (tertiary/aromatic N) is 8. The number of rotatable bonds is 6. The van der Waals surface area contributed by atoms with E-state index >= 15 is 0 Å². The van der Waals surface area contributed by atoms with E-state index < -0.39 is 0 Å². The third kappa shape index (κ3) is 3.26.